The minimum absolute atomic E-state index is 0.254. The van der Waals surface area contributed by atoms with E-state index in [2.05, 4.69) is 15.4 Å². The van der Waals surface area contributed by atoms with E-state index < -0.39 is 0 Å². The molecule has 2 heterocycles. The summed E-state index contributed by atoms with van der Waals surface area (Å²) in [6.07, 6.45) is 4.24. The van der Waals surface area contributed by atoms with Gasteiger partial charge in [-0.25, -0.2) is 9.67 Å². The smallest absolute Gasteiger partial charge is 0.274 e. The van der Waals surface area contributed by atoms with Crippen LogP contribution in [0, 0.1) is 6.92 Å². The third-order valence-corrected chi connectivity index (χ3v) is 5.30. The van der Waals surface area contributed by atoms with Gasteiger partial charge in [-0.15, -0.1) is 0 Å². The van der Waals surface area contributed by atoms with Gasteiger partial charge in [-0.05, 0) is 61.4 Å². The minimum Gasteiger partial charge on any atom is -0.497 e. The number of nitrogens with two attached hydrogens (primary N) is 1. The molecule has 1 amide bonds. The van der Waals surface area contributed by atoms with Gasteiger partial charge in [-0.1, -0.05) is 13.0 Å². The highest BCUT2D eigenvalue weighted by Gasteiger charge is 2.19. The van der Waals surface area contributed by atoms with Crippen LogP contribution < -0.4 is 15.8 Å². The molecule has 0 bridgehead atoms. The fourth-order valence-electron chi connectivity index (χ4n) is 3.57. The average Bonchev–Trinajstić information content (AvgIpc) is 3.45. The quantitative estimate of drug-likeness (QED) is 0.466. The number of amides is 1. The second-order valence-corrected chi connectivity index (χ2v) is 7.39. The first-order valence-electron chi connectivity index (χ1n) is 10.4. The number of anilines is 1. The molecule has 4 aromatic rings. The van der Waals surface area contributed by atoms with Crippen LogP contribution in [-0.2, 0) is 13.0 Å². The number of benzene rings is 2. The summed E-state index contributed by atoms with van der Waals surface area (Å²) in [4.78, 5) is 17.4. The molecule has 8 heteroatoms. The Morgan fingerprint density at radius 2 is 2.03 bits per heavy atom. The Kier molecular flexibility index (Phi) is 6.04. The van der Waals surface area contributed by atoms with Gasteiger partial charge in [0.25, 0.3) is 5.91 Å². The third kappa shape index (κ3) is 4.13. The molecule has 3 N–H and O–H groups in total. The molecular formula is C24H26N6O2. The fraction of sp³-hybridized carbons (Fsp3) is 0.208. The zero-order chi connectivity index (χ0) is 22.7. The Labute approximate surface area is 186 Å². The zero-order valence-corrected chi connectivity index (χ0v) is 18.4. The number of aromatic nitrogens is 4. The van der Waals surface area contributed by atoms with Gasteiger partial charge in [0.15, 0.2) is 0 Å². The van der Waals surface area contributed by atoms with Crippen LogP contribution in [0.1, 0.15) is 34.4 Å². The van der Waals surface area contributed by atoms with E-state index in [1.54, 1.807) is 24.3 Å². The molecule has 0 saturated carbocycles. The molecule has 0 aliphatic heterocycles. The van der Waals surface area contributed by atoms with Crippen molar-refractivity contribution in [1.82, 2.24) is 19.3 Å². The number of nitrogens with one attached hydrogen (secondary N) is 1. The molecule has 2 aromatic heterocycles. The first-order valence-corrected chi connectivity index (χ1v) is 10.4. The summed E-state index contributed by atoms with van der Waals surface area (Å²) in [6, 6.07) is 15.0. The summed E-state index contributed by atoms with van der Waals surface area (Å²) >= 11 is 0. The van der Waals surface area contributed by atoms with Gasteiger partial charge in [0.05, 0.1) is 24.8 Å². The van der Waals surface area contributed by atoms with Crippen LogP contribution in [0.15, 0.2) is 61.1 Å². The first-order chi connectivity index (χ1) is 15.5. The number of carbonyl (C=O) groups is 1. The number of imidazole rings is 1. The summed E-state index contributed by atoms with van der Waals surface area (Å²) in [6.45, 7) is 4.28. The van der Waals surface area contributed by atoms with E-state index in [9.17, 15) is 4.79 Å². The lowest BCUT2D eigenvalue weighted by molar-refractivity contribution is 0.101. The number of hydrogen-bond donors (Lipinski definition) is 2. The van der Waals surface area contributed by atoms with Gasteiger partial charge in [0, 0.05) is 29.8 Å². The lowest BCUT2D eigenvalue weighted by Gasteiger charge is -2.13. The second-order valence-electron chi connectivity index (χ2n) is 7.39. The van der Waals surface area contributed by atoms with Crippen molar-refractivity contribution in [2.45, 2.75) is 26.8 Å². The maximum Gasteiger partial charge on any atom is 0.274 e. The largest absolute Gasteiger partial charge is 0.497 e. The Morgan fingerprint density at radius 3 is 2.72 bits per heavy atom. The molecule has 0 aliphatic rings. The van der Waals surface area contributed by atoms with Crippen molar-refractivity contribution in [2.75, 3.05) is 12.4 Å². The summed E-state index contributed by atoms with van der Waals surface area (Å²) in [5, 5.41) is 7.64. The molecule has 0 spiro atoms. The topological polar surface area (TPSA) is 100.0 Å². The molecule has 0 unspecified atom stereocenters. The molecule has 0 aliphatic carbocycles. The Hall–Kier alpha value is -3.91. The molecule has 8 nitrogen and oxygen atoms in total. The van der Waals surface area contributed by atoms with Crippen LogP contribution >= 0.6 is 0 Å². The van der Waals surface area contributed by atoms with Gasteiger partial charge in [0.1, 0.15) is 11.4 Å². The monoisotopic (exact) mass is 430 g/mol. The van der Waals surface area contributed by atoms with Crippen LogP contribution in [0.2, 0.25) is 0 Å². The highest BCUT2D eigenvalue weighted by Crippen LogP contribution is 2.24. The predicted octanol–water partition coefficient (Wildman–Crippen LogP) is 3.65. The maximum absolute atomic E-state index is 13.3. The van der Waals surface area contributed by atoms with Gasteiger partial charge >= 0.3 is 0 Å². The minimum atomic E-state index is -0.254. The van der Waals surface area contributed by atoms with E-state index in [-0.39, 0.29) is 5.91 Å². The van der Waals surface area contributed by atoms with Crippen molar-refractivity contribution >= 4 is 11.6 Å². The van der Waals surface area contributed by atoms with E-state index in [0.29, 0.717) is 30.1 Å². The summed E-state index contributed by atoms with van der Waals surface area (Å²) in [7, 11) is 1.61. The van der Waals surface area contributed by atoms with Crippen molar-refractivity contribution in [3.63, 3.8) is 0 Å². The molecule has 0 radical (unpaired) electrons. The number of carbonyl (C=O) groups excluding carboxylic acids is 1. The Balaban J connectivity index is 1.69. The molecule has 4 rings (SSSR count). The lowest BCUT2D eigenvalue weighted by Crippen LogP contribution is -2.18. The molecule has 0 saturated heterocycles. The number of hydrogen-bond acceptors (Lipinski definition) is 5. The van der Waals surface area contributed by atoms with Crippen molar-refractivity contribution in [3.8, 4) is 17.1 Å². The zero-order valence-electron chi connectivity index (χ0n) is 18.4. The highest BCUT2D eigenvalue weighted by atomic mass is 16.5. The number of nitrogens with zero attached hydrogens (tertiary/aromatic N) is 4. The van der Waals surface area contributed by atoms with E-state index in [4.69, 9.17) is 10.5 Å². The highest BCUT2D eigenvalue weighted by molar-refractivity contribution is 6.03. The average molecular weight is 431 g/mol. The van der Waals surface area contributed by atoms with Crippen molar-refractivity contribution in [1.29, 1.82) is 0 Å². The van der Waals surface area contributed by atoms with Gasteiger partial charge < -0.3 is 20.4 Å². The SMILES string of the molecule is CCc1cc(C(=O)Nc2cccc(-n3cncc3C)c2)n(-c2ccc(OC)cc2CN)n1. The van der Waals surface area contributed by atoms with Crippen molar-refractivity contribution < 1.29 is 9.53 Å². The normalized spacial score (nSPS) is 10.9. The molecule has 32 heavy (non-hydrogen) atoms. The second kappa shape index (κ2) is 9.07. The van der Waals surface area contributed by atoms with E-state index in [1.165, 1.54) is 0 Å². The predicted molar refractivity (Wildman–Crippen MR) is 124 cm³/mol. The molecular weight excluding hydrogens is 404 g/mol. The number of aryl methyl sites for hydroxylation is 2. The third-order valence-electron chi connectivity index (χ3n) is 5.30. The number of rotatable bonds is 7. The van der Waals surface area contributed by atoms with Crippen molar-refractivity contribution in [3.05, 3.63) is 83.7 Å². The van der Waals surface area contributed by atoms with E-state index in [1.807, 2.05) is 66.9 Å². The summed E-state index contributed by atoms with van der Waals surface area (Å²) in [5.41, 5.74) is 11.4. The maximum atomic E-state index is 13.3. The van der Waals surface area contributed by atoms with Crippen LogP contribution in [0.25, 0.3) is 11.4 Å². The summed E-state index contributed by atoms with van der Waals surface area (Å²) in [5.74, 6) is 0.449. The molecule has 2 aromatic carbocycles. The number of ether oxygens (including phenoxy) is 1. The van der Waals surface area contributed by atoms with Crippen LogP contribution in [0.4, 0.5) is 5.69 Å². The molecule has 0 atom stereocenters. The molecule has 0 fully saturated rings. The van der Waals surface area contributed by atoms with Gasteiger partial charge in [0.2, 0.25) is 0 Å². The standard InChI is InChI=1S/C24H26N6O2/c1-4-18-12-23(30(28-18)22-9-8-21(32-3)10-17(22)13-25)24(31)27-19-6-5-7-20(11-19)29-15-26-14-16(29)2/h5-12,14-15H,4,13,25H2,1-3H3,(H,27,31). The first kappa shape index (κ1) is 21.3. The van der Waals surface area contributed by atoms with Gasteiger partial charge in [-0.2, -0.15) is 5.10 Å². The summed E-state index contributed by atoms with van der Waals surface area (Å²) < 4.78 is 8.92. The van der Waals surface area contributed by atoms with Crippen LogP contribution in [0.3, 0.4) is 0 Å². The molecule has 164 valence electrons. The van der Waals surface area contributed by atoms with Gasteiger partial charge in [-0.3, -0.25) is 4.79 Å². The van der Waals surface area contributed by atoms with Crippen LogP contribution in [-0.4, -0.2) is 32.3 Å². The number of methoxy groups -OCH3 is 1. The Bertz CT molecular complexity index is 1260. The van der Waals surface area contributed by atoms with E-state index >= 15 is 0 Å². The van der Waals surface area contributed by atoms with E-state index in [0.717, 1.165) is 28.3 Å². The van der Waals surface area contributed by atoms with Crippen molar-refractivity contribution in [2.24, 2.45) is 5.73 Å². The fourth-order valence-corrected chi connectivity index (χ4v) is 3.57. The Morgan fingerprint density at radius 1 is 1.19 bits per heavy atom. The van der Waals surface area contributed by atoms with Crippen LogP contribution in [0.5, 0.6) is 5.75 Å². The lowest BCUT2D eigenvalue weighted by atomic mass is 10.1.